The van der Waals surface area contributed by atoms with E-state index in [2.05, 4.69) is 0 Å². The summed E-state index contributed by atoms with van der Waals surface area (Å²) in [6.45, 7) is 1.40. The van der Waals surface area contributed by atoms with E-state index in [0.717, 1.165) is 44.1 Å². The molecule has 1 saturated carbocycles. The quantitative estimate of drug-likeness (QED) is 0.844. The van der Waals surface area contributed by atoms with Gasteiger partial charge in [-0.25, -0.2) is 0 Å². The Morgan fingerprint density at radius 1 is 1.08 bits per heavy atom. The highest BCUT2D eigenvalue weighted by Gasteiger charge is 2.61. The van der Waals surface area contributed by atoms with Gasteiger partial charge in [-0.05, 0) is 31.2 Å². The molecule has 2 aliphatic heterocycles. The maximum absolute atomic E-state index is 12.5. The molecule has 2 saturated heterocycles. The summed E-state index contributed by atoms with van der Waals surface area (Å²) in [7, 11) is 0. The van der Waals surface area contributed by atoms with E-state index in [9.17, 15) is 14.7 Å². The number of hydrogen-bond acceptors (Lipinski definition) is 3. The van der Waals surface area contributed by atoms with Crippen LogP contribution in [-0.4, -0.2) is 57.5 Å². The standard InChI is InChI=1S/C21H28N2O3/c24-18(15-16-7-3-1-4-8-16)22-13-9-17(10-14-22)23-20(26)19(25)21(23)11-5-2-6-12-21/h1,3-4,7-8,17,19,25H,2,5-6,9-15H2. The average Bonchev–Trinajstić information content (AvgIpc) is 2.70. The van der Waals surface area contributed by atoms with Crippen LogP contribution in [0.3, 0.4) is 0 Å². The molecule has 5 nitrogen and oxygen atoms in total. The van der Waals surface area contributed by atoms with Crippen molar-refractivity contribution in [1.29, 1.82) is 0 Å². The van der Waals surface area contributed by atoms with Crippen LogP contribution in [0.2, 0.25) is 0 Å². The first-order chi connectivity index (χ1) is 12.6. The van der Waals surface area contributed by atoms with E-state index in [1.165, 1.54) is 6.42 Å². The number of amides is 2. The Bertz CT molecular complexity index is 661. The van der Waals surface area contributed by atoms with Crippen LogP contribution in [0.25, 0.3) is 0 Å². The van der Waals surface area contributed by atoms with Gasteiger partial charge in [-0.3, -0.25) is 9.59 Å². The smallest absolute Gasteiger partial charge is 0.254 e. The number of hydrogen-bond donors (Lipinski definition) is 1. The normalized spacial score (nSPS) is 26.0. The van der Waals surface area contributed by atoms with E-state index in [1.807, 2.05) is 40.1 Å². The Morgan fingerprint density at radius 3 is 2.38 bits per heavy atom. The molecule has 4 rings (SSSR count). The minimum atomic E-state index is -0.805. The first-order valence-corrected chi connectivity index (χ1v) is 9.95. The Labute approximate surface area is 155 Å². The minimum Gasteiger partial charge on any atom is -0.381 e. The van der Waals surface area contributed by atoms with E-state index in [1.54, 1.807) is 0 Å². The highest BCUT2D eigenvalue weighted by Crippen LogP contribution is 2.46. The molecule has 1 aliphatic carbocycles. The summed E-state index contributed by atoms with van der Waals surface area (Å²) in [5.74, 6) is 0.0676. The van der Waals surface area contributed by atoms with Crippen LogP contribution in [0.5, 0.6) is 0 Å². The third-order valence-electron chi connectivity index (χ3n) is 6.56. The summed E-state index contributed by atoms with van der Waals surface area (Å²) in [6.07, 6.45) is 6.51. The van der Waals surface area contributed by atoms with Gasteiger partial charge in [-0.2, -0.15) is 0 Å². The van der Waals surface area contributed by atoms with Gasteiger partial charge in [0.1, 0.15) is 0 Å². The van der Waals surface area contributed by atoms with Crippen molar-refractivity contribution in [3.63, 3.8) is 0 Å². The van der Waals surface area contributed by atoms with Gasteiger partial charge in [0.2, 0.25) is 5.91 Å². The number of likely N-dealkylation sites (tertiary alicyclic amines) is 2. The monoisotopic (exact) mass is 356 g/mol. The number of nitrogens with zero attached hydrogens (tertiary/aromatic N) is 2. The van der Waals surface area contributed by atoms with Gasteiger partial charge >= 0.3 is 0 Å². The van der Waals surface area contributed by atoms with Crippen molar-refractivity contribution < 1.29 is 14.7 Å². The fraction of sp³-hybridized carbons (Fsp3) is 0.619. The molecule has 0 bridgehead atoms. The van der Waals surface area contributed by atoms with Crippen molar-refractivity contribution in [3.8, 4) is 0 Å². The zero-order valence-corrected chi connectivity index (χ0v) is 15.3. The largest absolute Gasteiger partial charge is 0.381 e. The number of carbonyl (C=O) groups excluding carboxylic acids is 2. The van der Waals surface area contributed by atoms with Gasteiger partial charge in [0.15, 0.2) is 6.10 Å². The average molecular weight is 356 g/mol. The summed E-state index contributed by atoms with van der Waals surface area (Å²) >= 11 is 0. The number of aliphatic hydroxyl groups is 1. The Balaban J connectivity index is 1.36. The van der Waals surface area contributed by atoms with Crippen molar-refractivity contribution in [1.82, 2.24) is 9.80 Å². The number of β-lactam (4-membered cyclic amide) rings is 1. The van der Waals surface area contributed by atoms with Crippen molar-refractivity contribution in [3.05, 3.63) is 35.9 Å². The molecule has 3 aliphatic rings. The van der Waals surface area contributed by atoms with Crippen LogP contribution in [-0.2, 0) is 16.0 Å². The van der Waals surface area contributed by atoms with Crippen LogP contribution in [0.15, 0.2) is 30.3 Å². The van der Waals surface area contributed by atoms with Crippen molar-refractivity contribution in [2.45, 2.75) is 69.1 Å². The fourth-order valence-electron chi connectivity index (χ4n) is 5.12. The summed E-state index contributed by atoms with van der Waals surface area (Å²) in [5, 5.41) is 10.3. The molecule has 0 radical (unpaired) electrons. The van der Waals surface area contributed by atoms with Crippen molar-refractivity contribution >= 4 is 11.8 Å². The van der Waals surface area contributed by atoms with E-state index < -0.39 is 6.10 Å². The fourth-order valence-corrected chi connectivity index (χ4v) is 5.12. The van der Waals surface area contributed by atoms with E-state index >= 15 is 0 Å². The van der Waals surface area contributed by atoms with E-state index in [-0.39, 0.29) is 23.4 Å². The second kappa shape index (κ2) is 7.03. The first-order valence-electron chi connectivity index (χ1n) is 9.95. The van der Waals surface area contributed by atoms with Crippen LogP contribution in [0.4, 0.5) is 0 Å². The predicted octanol–water partition coefficient (Wildman–Crippen LogP) is 2.13. The molecule has 140 valence electrons. The maximum Gasteiger partial charge on any atom is 0.254 e. The lowest BCUT2D eigenvalue weighted by Crippen LogP contribution is -2.77. The minimum absolute atomic E-state index is 0.0963. The van der Waals surface area contributed by atoms with Crippen LogP contribution >= 0.6 is 0 Å². The lowest BCUT2D eigenvalue weighted by atomic mass is 9.68. The van der Waals surface area contributed by atoms with Gasteiger partial charge in [0.25, 0.3) is 5.91 Å². The first kappa shape index (κ1) is 17.5. The summed E-state index contributed by atoms with van der Waals surface area (Å²) in [4.78, 5) is 28.9. The molecule has 26 heavy (non-hydrogen) atoms. The highest BCUT2D eigenvalue weighted by atomic mass is 16.3. The Hall–Kier alpha value is -1.88. The Morgan fingerprint density at radius 2 is 1.73 bits per heavy atom. The van der Waals surface area contributed by atoms with Crippen LogP contribution < -0.4 is 0 Å². The summed E-state index contributed by atoms with van der Waals surface area (Å²) in [5.41, 5.74) is 0.734. The maximum atomic E-state index is 12.5. The van der Waals surface area contributed by atoms with E-state index in [0.29, 0.717) is 19.5 Å². The zero-order chi connectivity index (χ0) is 18.1. The molecule has 1 spiro atoms. The summed E-state index contributed by atoms with van der Waals surface area (Å²) < 4.78 is 0. The van der Waals surface area contributed by atoms with Gasteiger partial charge in [0, 0.05) is 19.1 Å². The lowest BCUT2D eigenvalue weighted by molar-refractivity contribution is -0.201. The van der Waals surface area contributed by atoms with Gasteiger partial charge < -0.3 is 14.9 Å². The molecular formula is C21H28N2O3. The third-order valence-corrected chi connectivity index (χ3v) is 6.56. The van der Waals surface area contributed by atoms with E-state index in [4.69, 9.17) is 0 Å². The van der Waals surface area contributed by atoms with Gasteiger partial charge in [-0.15, -0.1) is 0 Å². The number of aliphatic hydroxyl groups excluding tert-OH is 1. The molecule has 3 fully saturated rings. The molecular weight excluding hydrogens is 328 g/mol. The molecule has 2 heterocycles. The molecule has 5 heteroatoms. The molecule has 1 N–H and O–H groups in total. The number of rotatable bonds is 3. The second-order valence-corrected chi connectivity index (χ2v) is 8.05. The molecule has 1 atom stereocenters. The van der Waals surface area contributed by atoms with Crippen molar-refractivity contribution in [2.24, 2.45) is 0 Å². The number of carbonyl (C=O) groups is 2. The SMILES string of the molecule is O=C(Cc1ccccc1)N1CCC(N2C(=O)C(O)C23CCCCC3)CC1. The molecule has 1 aromatic carbocycles. The van der Waals surface area contributed by atoms with Crippen molar-refractivity contribution in [2.75, 3.05) is 13.1 Å². The van der Waals surface area contributed by atoms with Crippen LogP contribution in [0.1, 0.15) is 50.5 Å². The molecule has 1 aromatic rings. The Kier molecular flexibility index (Phi) is 4.74. The van der Waals surface area contributed by atoms with Gasteiger partial charge in [-0.1, -0.05) is 49.6 Å². The lowest BCUT2D eigenvalue weighted by Gasteiger charge is -2.61. The highest BCUT2D eigenvalue weighted by molar-refractivity contribution is 5.90. The molecule has 0 aromatic heterocycles. The summed E-state index contributed by atoms with van der Waals surface area (Å²) in [6, 6.07) is 10.0. The predicted molar refractivity (Wildman–Crippen MR) is 98.4 cm³/mol. The third kappa shape index (κ3) is 2.92. The second-order valence-electron chi connectivity index (χ2n) is 8.05. The molecule has 1 unspecified atom stereocenters. The topological polar surface area (TPSA) is 60.9 Å². The zero-order valence-electron chi connectivity index (χ0n) is 15.3. The van der Waals surface area contributed by atoms with Crippen LogP contribution in [0, 0.1) is 0 Å². The molecule has 2 amide bonds. The number of piperidine rings is 1. The van der Waals surface area contributed by atoms with Gasteiger partial charge in [0.05, 0.1) is 12.0 Å². The number of benzene rings is 1.